The van der Waals surface area contributed by atoms with Crippen molar-refractivity contribution in [2.45, 2.75) is 6.92 Å². The molecular formula is C12H13FN2OS. The Morgan fingerprint density at radius 2 is 2.29 bits per heavy atom. The number of methoxy groups -OCH3 is 1. The summed E-state index contributed by atoms with van der Waals surface area (Å²) >= 11 is 1.50. The van der Waals surface area contributed by atoms with Gasteiger partial charge in [-0.15, -0.1) is 0 Å². The van der Waals surface area contributed by atoms with Gasteiger partial charge in [-0.05, 0) is 30.7 Å². The molecule has 0 atom stereocenters. The molecule has 2 rings (SSSR count). The molecule has 2 aromatic rings. The summed E-state index contributed by atoms with van der Waals surface area (Å²) in [6.07, 6.45) is 1.74. The number of hydrogen-bond acceptors (Lipinski definition) is 4. The van der Waals surface area contributed by atoms with Crippen molar-refractivity contribution >= 4 is 16.5 Å². The zero-order valence-electron chi connectivity index (χ0n) is 9.66. The van der Waals surface area contributed by atoms with E-state index >= 15 is 0 Å². The molecule has 0 aliphatic carbocycles. The van der Waals surface area contributed by atoms with Gasteiger partial charge in [0.1, 0.15) is 0 Å². The Labute approximate surface area is 103 Å². The van der Waals surface area contributed by atoms with Crippen LogP contribution in [0.2, 0.25) is 0 Å². The Bertz CT molecular complexity index is 513. The van der Waals surface area contributed by atoms with Crippen LogP contribution in [0.25, 0.3) is 10.4 Å². The van der Waals surface area contributed by atoms with Gasteiger partial charge < -0.3 is 10.1 Å². The first-order chi connectivity index (χ1) is 8.24. The maximum absolute atomic E-state index is 13.5. The third-order valence-electron chi connectivity index (χ3n) is 2.27. The summed E-state index contributed by atoms with van der Waals surface area (Å²) in [7, 11) is 1.45. The number of rotatable bonds is 4. The third-order valence-corrected chi connectivity index (χ3v) is 3.27. The highest BCUT2D eigenvalue weighted by Gasteiger charge is 2.08. The first-order valence-corrected chi connectivity index (χ1v) is 6.10. The van der Waals surface area contributed by atoms with Crippen LogP contribution in [0.15, 0.2) is 24.4 Å². The zero-order valence-corrected chi connectivity index (χ0v) is 10.5. The van der Waals surface area contributed by atoms with Gasteiger partial charge in [-0.2, -0.15) is 0 Å². The van der Waals surface area contributed by atoms with E-state index in [1.54, 1.807) is 12.3 Å². The maximum atomic E-state index is 13.5. The molecule has 0 radical (unpaired) electrons. The van der Waals surface area contributed by atoms with E-state index in [2.05, 4.69) is 10.3 Å². The summed E-state index contributed by atoms with van der Waals surface area (Å²) in [6, 6.07) is 4.91. The molecule has 1 aromatic carbocycles. The Hall–Kier alpha value is -1.62. The summed E-state index contributed by atoms with van der Waals surface area (Å²) in [5.74, 6) is -0.103. The van der Waals surface area contributed by atoms with E-state index in [0.29, 0.717) is 0 Å². The fourth-order valence-electron chi connectivity index (χ4n) is 1.46. The predicted molar refractivity (Wildman–Crippen MR) is 68.2 cm³/mol. The van der Waals surface area contributed by atoms with Crippen molar-refractivity contribution in [1.29, 1.82) is 0 Å². The lowest BCUT2D eigenvalue weighted by atomic mass is 10.2. The first kappa shape index (κ1) is 11.9. The fraction of sp³-hybridized carbons (Fsp3) is 0.250. The predicted octanol–water partition coefficient (Wildman–Crippen LogP) is 3.39. The number of aromatic nitrogens is 1. The van der Waals surface area contributed by atoms with Crippen molar-refractivity contribution in [3.8, 4) is 16.2 Å². The maximum Gasteiger partial charge on any atom is 0.183 e. The van der Waals surface area contributed by atoms with Crippen LogP contribution in [-0.4, -0.2) is 18.6 Å². The molecule has 17 heavy (non-hydrogen) atoms. The molecule has 0 fully saturated rings. The van der Waals surface area contributed by atoms with Crippen LogP contribution < -0.4 is 10.1 Å². The average molecular weight is 252 g/mol. The molecule has 1 N–H and O–H groups in total. The molecule has 0 amide bonds. The number of benzene rings is 1. The smallest absolute Gasteiger partial charge is 0.183 e. The topological polar surface area (TPSA) is 34.2 Å². The normalized spacial score (nSPS) is 10.3. The van der Waals surface area contributed by atoms with E-state index in [0.717, 1.165) is 22.1 Å². The zero-order chi connectivity index (χ0) is 12.3. The highest BCUT2D eigenvalue weighted by Crippen LogP contribution is 2.31. The molecule has 5 heteroatoms. The Morgan fingerprint density at radius 1 is 1.47 bits per heavy atom. The van der Waals surface area contributed by atoms with Gasteiger partial charge in [-0.3, -0.25) is 0 Å². The van der Waals surface area contributed by atoms with Crippen molar-refractivity contribution < 1.29 is 9.13 Å². The summed E-state index contributed by atoms with van der Waals surface area (Å²) in [6.45, 7) is 2.83. The van der Waals surface area contributed by atoms with Crippen LogP contribution in [0.5, 0.6) is 5.75 Å². The van der Waals surface area contributed by atoms with Gasteiger partial charge in [0.2, 0.25) is 0 Å². The number of halogens is 1. The summed E-state index contributed by atoms with van der Waals surface area (Å²) in [5, 5.41) is 3.97. The molecule has 1 heterocycles. The molecule has 1 aromatic heterocycles. The summed E-state index contributed by atoms with van der Waals surface area (Å²) < 4.78 is 18.4. The SMILES string of the molecule is CCNc1ncc(-c2ccc(OC)c(F)c2)s1. The van der Waals surface area contributed by atoms with Crippen LogP contribution in [0.4, 0.5) is 9.52 Å². The van der Waals surface area contributed by atoms with Crippen molar-refractivity contribution in [3.05, 3.63) is 30.2 Å². The van der Waals surface area contributed by atoms with Crippen molar-refractivity contribution in [2.75, 3.05) is 19.0 Å². The van der Waals surface area contributed by atoms with E-state index in [9.17, 15) is 4.39 Å². The number of nitrogens with one attached hydrogen (secondary N) is 1. The fourth-order valence-corrected chi connectivity index (χ4v) is 2.34. The van der Waals surface area contributed by atoms with Gasteiger partial charge in [0, 0.05) is 12.7 Å². The van der Waals surface area contributed by atoms with Gasteiger partial charge >= 0.3 is 0 Å². The number of thiazole rings is 1. The summed E-state index contributed by atoms with van der Waals surface area (Å²) in [5.41, 5.74) is 0.810. The molecule has 0 aliphatic heterocycles. The minimum atomic E-state index is -0.358. The van der Waals surface area contributed by atoms with Crippen molar-refractivity contribution in [1.82, 2.24) is 4.98 Å². The van der Waals surface area contributed by atoms with Crippen LogP contribution in [0.1, 0.15) is 6.92 Å². The minimum Gasteiger partial charge on any atom is -0.494 e. The molecule has 0 spiro atoms. The molecule has 3 nitrogen and oxygen atoms in total. The third kappa shape index (κ3) is 2.55. The second kappa shape index (κ2) is 5.14. The van der Waals surface area contributed by atoms with Crippen LogP contribution in [-0.2, 0) is 0 Å². The van der Waals surface area contributed by atoms with Gasteiger partial charge in [-0.1, -0.05) is 11.3 Å². The van der Waals surface area contributed by atoms with E-state index < -0.39 is 0 Å². The molecule has 0 unspecified atom stereocenters. The Morgan fingerprint density at radius 3 is 2.94 bits per heavy atom. The lowest BCUT2D eigenvalue weighted by Gasteiger charge is -2.02. The van der Waals surface area contributed by atoms with Gasteiger partial charge in [0.25, 0.3) is 0 Å². The van der Waals surface area contributed by atoms with Crippen LogP contribution >= 0.6 is 11.3 Å². The molecule has 0 saturated carbocycles. The number of nitrogens with zero attached hydrogens (tertiary/aromatic N) is 1. The number of ether oxygens (including phenoxy) is 1. The molecular weight excluding hydrogens is 239 g/mol. The van der Waals surface area contributed by atoms with Gasteiger partial charge in [-0.25, -0.2) is 9.37 Å². The molecule has 0 bridgehead atoms. The molecule has 0 saturated heterocycles. The number of hydrogen-bond donors (Lipinski definition) is 1. The quantitative estimate of drug-likeness (QED) is 0.905. The van der Waals surface area contributed by atoms with Crippen molar-refractivity contribution in [3.63, 3.8) is 0 Å². The molecule has 0 aliphatic rings. The van der Waals surface area contributed by atoms with Crippen LogP contribution in [0, 0.1) is 5.82 Å². The second-order valence-corrected chi connectivity index (χ2v) is 4.44. The molecule has 90 valence electrons. The lowest BCUT2D eigenvalue weighted by Crippen LogP contribution is -1.94. The van der Waals surface area contributed by atoms with E-state index in [1.165, 1.54) is 24.5 Å². The van der Waals surface area contributed by atoms with Gasteiger partial charge in [0.15, 0.2) is 16.7 Å². The standard InChI is InChI=1S/C12H13FN2OS/c1-3-14-12-15-7-11(17-12)8-4-5-10(16-2)9(13)6-8/h4-7H,3H2,1-2H3,(H,14,15). The van der Waals surface area contributed by atoms with E-state index in [-0.39, 0.29) is 11.6 Å². The van der Waals surface area contributed by atoms with Gasteiger partial charge in [0.05, 0.1) is 12.0 Å². The van der Waals surface area contributed by atoms with E-state index in [1.807, 2.05) is 13.0 Å². The highest BCUT2D eigenvalue weighted by atomic mass is 32.1. The Balaban J connectivity index is 2.29. The monoisotopic (exact) mass is 252 g/mol. The van der Waals surface area contributed by atoms with E-state index in [4.69, 9.17) is 4.74 Å². The minimum absolute atomic E-state index is 0.255. The second-order valence-electron chi connectivity index (χ2n) is 3.41. The largest absolute Gasteiger partial charge is 0.494 e. The Kier molecular flexibility index (Phi) is 3.58. The number of anilines is 1. The average Bonchev–Trinajstić information content (AvgIpc) is 2.78. The highest BCUT2D eigenvalue weighted by molar-refractivity contribution is 7.18. The summed E-state index contributed by atoms with van der Waals surface area (Å²) in [4.78, 5) is 5.14. The lowest BCUT2D eigenvalue weighted by molar-refractivity contribution is 0.386. The van der Waals surface area contributed by atoms with Crippen LogP contribution in [0.3, 0.4) is 0 Å². The first-order valence-electron chi connectivity index (χ1n) is 5.28. The van der Waals surface area contributed by atoms with Crippen molar-refractivity contribution in [2.24, 2.45) is 0 Å².